The first kappa shape index (κ1) is 21.3. The van der Waals surface area contributed by atoms with Gasteiger partial charge in [0.2, 0.25) is 0 Å². The van der Waals surface area contributed by atoms with Crippen LogP contribution in [0.3, 0.4) is 0 Å². The first-order valence-corrected chi connectivity index (χ1v) is 13.1. The summed E-state index contributed by atoms with van der Waals surface area (Å²) in [5.74, 6) is 1.82. The molecule has 29 heavy (non-hydrogen) atoms. The summed E-state index contributed by atoms with van der Waals surface area (Å²) in [7, 11) is -3.52. The standard InChI is InChI=1S/C24H36O4S/c1-3-4-5-14-28-29(26,27)16-17-6-8-19-18(15-17)7-9-21-20(19)12-13-24(2)22(21)10-11-23(24)25/h6,8,15,20-23,25H,3-5,7,9-14,16H2,1-2H3/t20-,21-,22+,23+,24+/m1/s1. The van der Waals surface area contributed by atoms with Gasteiger partial charge < -0.3 is 5.11 Å². The average molecular weight is 421 g/mol. The van der Waals surface area contributed by atoms with Crippen LogP contribution in [0, 0.1) is 17.3 Å². The fourth-order valence-corrected chi connectivity index (χ4v) is 7.52. The second-order valence-corrected chi connectivity index (χ2v) is 11.5. The summed E-state index contributed by atoms with van der Waals surface area (Å²) in [5.41, 5.74) is 3.69. The smallest absolute Gasteiger partial charge is 0.271 e. The number of fused-ring (bicyclic) bond motifs is 5. The molecule has 0 aliphatic heterocycles. The number of aliphatic hydroxyl groups is 1. The molecule has 3 aliphatic carbocycles. The quantitative estimate of drug-likeness (QED) is 0.501. The van der Waals surface area contributed by atoms with E-state index in [0.29, 0.717) is 17.8 Å². The van der Waals surface area contributed by atoms with Gasteiger partial charge in [-0.1, -0.05) is 44.9 Å². The van der Waals surface area contributed by atoms with E-state index >= 15 is 0 Å². The Morgan fingerprint density at radius 1 is 1.17 bits per heavy atom. The minimum atomic E-state index is -3.52. The minimum absolute atomic E-state index is 0.0343. The van der Waals surface area contributed by atoms with Crippen molar-refractivity contribution in [3.63, 3.8) is 0 Å². The minimum Gasteiger partial charge on any atom is -0.393 e. The van der Waals surface area contributed by atoms with Crippen LogP contribution in [0.4, 0.5) is 0 Å². The summed E-state index contributed by atoms with van der Waals surface area (Å²) in [6.07, 6.45) is 9.22. The molecule has 0 amide bonds. The molecule has 5 atom stereocenters. The van der Waals surface area contributed by atoms with Crippen molar-refractivity contribution in [1.29, 1.82) is 0 Å². The number of benzene rings is 1. The van der Waals surface area contributed by atoms with Gasteiger partial charge in [-0.05, 0) is 84.8 Å². The number of aryl methyl sites for hydroxylation is 1. The van der Waals surface area contributed by atoms with Gasteiger partial charge in [0.1, 0.15) is 5.75 Å². The lowest BCUT2D eigenvalue weighted by Crippen LogP contribution is -2.43. The fourth-order valence-electron chi connectivity index (χ4n) is 6.48. The van der Waals surface area contributed by atoms with Crippen molar-refractivity contribution in [2.24, 2.45) is 17.3 Å². The van der Waals surface area contributed by atoms with Gasteiger partial charge in [-0.2, -0.15) is 8.42 Å². The van der Waals surface area contributed by atoms with E-state index in [9.17, 15) is 13.5 Å². The molecule has 0 unspecified atom stereocenters. The molecule has 0 spiro atoms. The third-order valence-corrected chi connectivity index (χ3v) is 9.31. The van der Waals surface area contributed by atoms with Gasteiger partial charge in [-0.15, -0.1) is 0 Å². The summed E-state index contributed by atoms with van der Waals surface area (Å²) in [5, 5.41) is 10.5. The Balaban J connectivity index is 1.46. The maximum atomic E-state index is 12.3. The first-order valence-electron chi connectivity index (χ1n) is 11.5. The SMILES string of the molecule is CCCCCOS(=O)(=O)Cc1ccc2c(c1)CC[C@@H]1[C@@H]2CC[C@]2(C)[C@@H](O)CC[C@@H]12. The van der Waals surface area contributed by atoms with E-state index < -0.39 is 10.1 Å². The lowest BCUT2D eigenvalue weighted by Gasteiger charge is -2.50. The van der Waals surface area contributed by atoms with Crippen molar-refractivity contribution in [1.82, 2.24) is 0 Å². The highest BCUT2D eigenvalue weighted by molar-refractivity contribution is 7.85. The predicted molar refractivity (Wildman–Crippen MR) is 115 cm³/mol. The molecule has 0 saturated heterocycles. The van der Waals surface area contributed by atoms with E-state index in [1.807, 2.05) is 6.07 Å². The average Bonchev–Trinajstić information content (AvgIpc) is 2.99. The zero-order valence-corrected chi connectivity index (χ0v) is 18.7. The van der Waals surface area contributed by atoms with Crippen molar-refractivity contribution in [3.8, 4) is 0 Å². The molecule has 1 aromatic carbocycles. The molecular formula is C24H36O4S. The van der Waals surface area contributed by atoms with Gasteiger partial charge in [0, 0.05) is 0 Å². The Kier molecular flexibility index (Phi) is 6.12. The van der Waals surface area contributed by atoms with Crippen LogP contribution in [0.15, 0.2) is 18.2 Å². The molecule has 2 saturated carbocycles. The third kappa shape index (κ3) is 4.15. The van der Waals surface area contributed by atoms with Crippen LogP contribution in [0.25, 0.3) is 0 Å². The number of hydrogen-bond donors (Lipinski definition) is 1. The van der Waals surface area contributed by atoms with Gasteiger partial charge in [-0.3, -0.25) is 4.18 Å². The Bertz CT molecular complexity index is 833. The molecule has 1 aromatic rings. The monoisotopic (exact) mass is 420 g/mol. The van der Waals surface area contributed by atoms with E-state index in [-0.39, 0.29) is 23.9 Å². The fraction of sp³-hybridized carbons (Fsp3) is 0.750. The van der Waals surface area contributed by atoms with Crippen molar-refractivity contribution < 1.29 is 17.7 Å². The van der Waals surface area contributed by atoms with Crippen LogP contribution in [-0.4, -0.2) is 26.2 Å². The van der Waals surface area contributed by atoms with Crippen LogP contribution < -0.4 is 0 Å². The van der Waals surface area contributed by atoms with E-state index in [1.54, 1.807) is 0 Å². The van der Waals surface area contributed by atoms with Crippen molar-refractivity contribution in [3.05, 3.63) is 34.9 Å². The highest BCUT2D eigenvalue weighted by atomic mass is 32.2. The lowest BCUT2D eigenvalue weighted by molar-refractivity contribution is -0.0226. The first-order chi connectivity index (χ1) is 13.8. The Hall–Kier alpha value is -0.910. The number of aliphatic hydroxyl groups excluding tert-OH is 1. The van der Waals surface area contributed by atoms with E-state index in [1.165, 1.54) is 11.1 Å². The van der Waals surface area contributed by atoms with Crippen molar-refractivity contribution >= 4 is 10.1 Å². The zero-order valence-electron chi connectivity index (χ0n) is 17.9. The topological polar surface area (TPSA) is 63.6 Å². The largest absolute Gasteiger partial charge is 0.393 e. The van der Waals surface area contributed by atoms with Crippen LogP contribution in [0.2, 0.25) is 0 Å². The second kappa shape index (κ2) is 8.32. The highest BCUT2D eigenvalue weighted by Crippen LogP contribution is 2.60. The molecule has 162 valence electrons. The summed E-state index contributed by atoms with van der Waals surface area (Å²) in [6, 6.07) is 6.28. The molecule has 0 aromatic heterocycles. The number of hydrogen-bond acceptors (Lipinski definition) is 4. The Morgan fingerprint density at radius 3 is 2.79 bits per heavy atom. The van der Waals surface area contributed by atoms with E-state index in [0.717, 1.165) is 63.4 Å². The third-order valence-electron chi connectivity index (χ3n) is 8.10. The maximum Gasteiger partial charge on any atom is 0.271 e. The summed E-state index contributed by atoms with van der Waals surface area (Å²) in [6.45, 7) is 4.68. The molecule has 0 bridgehead atoms. The summed E-state index contributed by atoms with van der Waals surface area (Å²) >= 11 is 0. The van der Waals surface area contributed by atoms with Crippen molar-refractivity contribution in [2.75, 3.05) is 6.61 Å². The van der Waals surface area contributed by atoms with Gasteiger partial charge in [0.25, 0.3) is 10.1 Å². The number of rotatable bonds is 7. The zero-order chi connectivity index (χ0) is 20.6. The Labute approximate surface area is 176 Å². The van der Waals surface area contributed by atoms with Crippen LogP contribution >= 0.6 is 0 Å². The van der Waals surface area contributed by atoms with Crippen LogP contribution in [-0.2, 0) is 26.5 Å². The Morgan fingerprint density at radius 2 is 2.00 bits per heavy atom. The highest BCUT2D eigenvalue weighted by Gasteiger charge is 2.54. The van der Waals surface area contributed by atoms with Gasteiger partial charge in [-0.25, -0.2) is 0 Å². The molecule has 0 heterocycles. The molecule has 4 nitrogen and oxygen atoms in total. The summed E-state index contributed by atoms with van der Waals surface area (Å²) < 4.78 is 29.8. The van der Waals surface area contributed by atoms with Crippen molar-refractivity contribution in [2.45, 2.75) is 89.4 Å². The normalized spacial score (nSPS) is 33.8. The second-order valence-electron chi connectivity index (χ2n) is 9.82. The molecule has 5 heteroatoms. The van der Waals surface area contributed by atoms with Crippen LogP contribution in [0.5, 0.6) is 0 Å². The predicted octanol–water partition coefficient (Wildman–Crippen LogP) is 4.94. The maximum absolute atomic E-state index is 12.3. The van der Waals surface area contributed by atoms with Gasteiger partial charge in [0.05, 0.1) is 12.7 Å². The molecular weight excluding hydrogens is 384 g/mol. The molecule has 2 fully saturated rings. The molecule has 0 radical (unpaired) electrons. The molecule has 4 rings (SSSR count). The van der Waals surface area contributed by atoms with E-state index in [4.69, 9.17) is 4.18 Å². The van der Waals surface area contributed by atoms with Crippen LogP contribution in [0.1, 0.15) is 87.8 Å². The molecule has 3 aliphatic rings. The summed E-state index contributed by atoms with van der Waals surface area (Å²) in [4.78, 5) is 0. The van der Waals surface area contributed by atoms with Gasteiger partial charge >= 0.3 is 0 Å². The molecule has 1 N–H and O–H groups in total. The van der Waals surface area contributed by atoms with Gasteiger partial charge in [0.15, 0.2) is 0 Å². The number of unbranched alkanes of at least 4 members (excludes halogenated alkanes) is 2. The van der Waals surface area contributed by atoms with E-state index in [2.05, 4.69) is 26.0 Å². The lowest BCUT2D eigenvalue weighted by atomic mass is 9.55.